The number of ether oxygens (including phenoxy) is 2. The molecule has 1 fully saturated rings. The van der Waals surface area contributed by atoms with E-state index in [1.54, 1.807) is 43.5 Å². The van der Waals surface area contributed by atoms with Crippen LogP contribution in [0.15, 0.2) is 65.3 Å². The van der Waals surface area contributed by atoms with Crippen LogP contribution in [-0.4, -0.2) is 57.2 Å². The van der Waals surface area contributed by atoms with Crippen LogP contribution in [0.1, 0.15) is 39.3 Å². The van der Waals surface area contributed by atoms with Gasteiger partial charge in [-0.15, -0.1) is 0 Å². The first-order valence-electron chi connectivity index (χ1n) is 11.6. The number of furan rings is 1. The van der Waals surface area contributed by atoms with E-state index in [9.17, 15) is 9.59 Å². The van der Waals surface area contributed by atoms with E-state index in [0.717, 1.165) is 24.1 Å². The number of anilines is 2. The van der Waals surface area contributed by atoms with E-state index in [-0.39, 0.29) is 23.7 Å². The van der Waals surface area contributed by atoms with E-state index in [0.29, 0.717) is 36.7 Å². The first-order valence-corrected chi connectivity index (χ1v) is 11.6. The molecule has 1 atom stereocenters. The molecule has 2 heterocycles. The molecule has 0 radical (unpaired) electrons. The third-order valence-corrected chi connectivity index (χ3v) is 6.00. The van der Waals surface area contributed by atoms with Crippen LogP contribution in [0.5, 0.6) is 5.75 Å². The van der Waals surface area contributed by atoms with E-state index in [2.05, 4.69) is 5.32 Å². The maximum absolute atomic E-state index is 13.6. The van der Waals surface area contributed by atoms with Gasteiger partial charge in [0.2, 0.25) is 0 Å². The summed E-state index contributed by atoms with van der Waals surface area (Å²) >= 11 is 0. The molecule has 4 rings (SSSR count). The van der Waals surface area contributed by atoms with Gasteiger partial charge in [-0.05, 0) is 73.0 Å². The molecule has 1 saturated heterocycles. The Balaban J connectivity index is 1.61. The average Bonchev–Trinajstić information content (AvgIpc) is 3.58. The minimum Gasteiger partial charge on any atom is -0.497 e. The number of nitrogens with zero attached hydrogens (tertiary/aromatic N) is 2. The smallest absolute Gasteiger partial charge is 0.291 e. The highest BCUT2D eigenvalue weighted by molar-refractivity contribution is 6.02. The van der Waals surface area contributed by atoms with Gasteiger partial charge in [0.05, 0.1) is 19.5 Å². The second-order valence-corrected chi connectivity index (χ2v) is 8.72. The first-order chi connectivity index (χ1) is 16.9. The van der Waals surface area contributed by atoms with Crippen LogP contribution < -0.4 is 15.0 Å². The van der Waals surface area contributed by atoms with E-state index in [1.807, 2.05) is 42.1 Å². The van der Waals surface area contributed by atoms with Crippen molar-refractivity contribution in [3.05, 3.63) is 77.7 Å². The van der Waals surface area contributed by atoms with Gasteiger partial charge in [-0.1, -0.05) is 0 Å². The van der Waals surface area contributed by atoms with Crippen molar-refractivity contribution in [1.82, 2.24) is 4.90 Å². The molecule has 0 aliphatic carbocycles. The topological polar surface area (TPSA) is 84.2 Å². The summed E-state index contributed by atoms with van der Waals surface area (Å²) in [6.45, 7) is 1.57. The van der Waals surface area contributed by atoms with Crippen LogP contribution in [0.2, 0.25) is 0 Å². The number of hydrogen-bond donors (Lipinski definition) is 1. The Labute approximate surface area is 205 Å². The Morgan fingerprint density at radius 2 is 1.91 bits per heavy atom. The summed E-state index contributed by atoms with van der Waals surface area (Å²) < 4.78 is 16.3. The Morgan fingerprint density at radius 3 is 2.54 bits per heavy atom. The molecule has 0 unspecified atom stereocenters. The van der Waals surface area contributed by atoms with E-state index in [1.165, 1.54) is 6.26 Å². The van der Waals surface area contributed by atoms with Gasteiger partial charge in [-0.3, -0.25) is 9.59 Å². The molecule has 2 aromatic carbocycles. The molecular weight excluding hydrogens is 446 g/mol. The van der Waals surface area contributed by atoms with Crippen molar-refractivity contribution in [2.24, 2.45) is 0 Å². The van der Waals surface area contributed by atoms with Crippen molar-refractivity contribution in [3.8, 4) is 5.75 Å². The number of nitrogens with one attached hydrogen (secondary N) is 1. The molecule has 8 nitrogen and oxygen atoms in total. The number of hydrogen-bond acceptors (Lipinski definition) is 6. The lowest BCUT2D eigenvalue weighted by Gasteiger charge is -2.28. The van der Waals surface area contributed by atoms with Crippen LogP contribution in [-0.2, 0) is 11.3 Å². The summed E-state index contributed by atoms with van der Waals surface area (Å²) in [5.41, 5.74) is 3.08. The summed E-state index contributed by atoms with van der Waals surface area (Å²) in [5.74, 6) is 0.516. The number of rotatable bonds is 9. The first kappa shape index (κ1) is 24.3. The number of amides is 2. The van der Waals surface area contributed by atoms with Crippen molar-refractivity contribution >= 4 is 23.2 Å². The van der Waals surface area contributed by atoms with Gasteiger partial charge in [-0.2, -0.15) is 0 Å². The van der Waals surface area contributed by atoms with Gasteiger partial charge in [-0.25, -0.2) is 0 Å². The molecule has 2 amide bonds. The summed E-state index contributed by atoms with van der Waals surface area (Å²) in [7, 11) is 5.51. The SMILES string of the molecule is COc1ccc(C(=O)N(Cc2cc(NC(=O)c3ccco3)ccc2N(C)C)C[C@H]2CCCO2)cc1. The predicted molar refractivity (Wildman–Crippen MR) is 134 cm³/mol. The average molecular weight is 478 g/mol. The molecule has 0 saturated carbocycles. The molecule has 1 N–H and O–H groups in total. The summed E-state index contributed by atoms with van der Waals surface area (Å²) in [6.07, 6.45) is 3.38. The lowest BCUT2D eigenvalue weighted by atomic mass is 10.1. The zero-order chi connectivity index (χ0) is 24.8. The van der Waals surface area contributed by atoms with Gasteiger partial charge in [0.1, 0.15) is 5.75 Å². The highest BCUT2D eigenvalue weighted by atomic mass is 16.5. The summed E-state index contributed by atoms with van der Waals surface area (Å²) in [6, 6.07) is 16.1. The fraction of sp³-hybridized carbons (Fsp3) is 0.333. The molecule has 0 spiro atoms. The van der Waals surface area contributed by atoms with Crippen LogP contribution in [0.3, 0.4) is 0 Å². The van der Waals surface area contributed by atoms with Gasteiger partial charge in [0.15, 0.2) is 5.76 Å². The van der Waals surface area contributed by atoms with E-state index < -0.39 is 0 Å². The fourth-order valence-corrected chi connectivity index (χ4v) is 4.20. The van der Waals surface area contributed by atoms with E-state index >= 15 is 0 Å². The van der Waals surface area contributed by atoms with Gasteiger partial charge < -0.3 is 29.0 Å². The molecule has 0 bridgehead atoms. The quantitative estimate of drug-likeness (QED) is 0.491. The predicted octanol–water partition coefficient (Wildman–Crippen LogP) is 4.43. The highest BCUT2D eigenvalue weighted by Crippen LogP contribution is 2.27. The van der Waals surface area contributed by atoms with Crippen LogP contribution >= 0.6 is 0 Å². The zero-order valence-electron chi connectivity index (χ0n) is 20.3. The summed E-state index contributed by atoms with van der Waals surface area (Å²) in [5, 5.41) is 2.88. The monoisotopic (exact) mass is 477 g/mol. The standard InChI is InChI=1S/C27H31N3O5/c1-29(2)24-13-10-21(28-26(31)25-7-5-15-35-25)16-20(24)17-30(18-23-6-4-14-34-23)27(32)19-8-11-22(33-3)12-9-19/h5,7-13,15-16,23H,4,6,14,17-18H2,1-3H3,(H,28,31)/t23-/m1/s1. The van der Waals surface area contributed by atoms with Crippen LogP contribution in [0.4, 0.5) is 11.4 Å². The summed E-state index contributed by atoms with van der Waals surface area (Å²) in [4.78, 5) is 29.9. The third kappa shape index (κ3) is 6.02. The Kier molecular flexibility index (Phi) is 7.72. The Morgan fingerprint density at radius 1 is 1.11 bits per heavy atom. The number of carbonyl (C=O) groups is 2. The van der Waals surface area contributed by atoms with E-state index in [4.69, 9.17) is 13.9 Å². The van der Waals surface area contributed by atoms with Crippen molar-refractivity contribution in [2.45, 2.75) is 25.5 Å². The van der Waals surface area contributed by atoms with Crippen LogP contribution in [0.25, 0.3) is 0 Å². The van der Waals surface area contributed by atoms with Crippen molar-refractivity contribution in [1.29, 1.82) is 0 Å². The van der Waals surface area contributed by atoms with Crippen molar-refractivity contribution in [2.75, 3.05) is 44.6 Å². The molecule has 1 aliphatic rings. The molecule has 184 valence electrons. The maximum Gasteiger partial charge on any atom is 0.291 e. The normalized spacial score (nSPS) is 15.0. The lowest BCUT2D eigenvalue weighted by molar-refractivity contribution is 0.0507. The maximum atomic E-state index is 13.6. The Bertz CT molecular complexity index is 1140. The largest absolute Gasteiger partial charge is 0.497 e. The zero-order valence-corrected chi connectivity index (χ0v) is 20.3. The lowest BCUT2D eigenvalue weighted by Crippen LogP contribution is -2.37. The third-order valence-electron chi connectivity index (χ3n) is 6.00. The van der Waals surface area contributed by atoms with Gasteiger partial charge in [0, 0.05) is 50.7 Å². The molecular formula is C27H31N3O5. The second-order valence-electron chi connectivity index (χ2n) is 8.72. The fourth-order valence-electron chi connectivity index (χ4n) is 4.20. The van der Waals surface area contributed by atoms with Gasteiger partial charge >= 0.3 is 0 Å². The van der Waals surface area contributed by atoms with Gasteiger partial charge in [0.25, 0.3) is 11.8 Å². The Hall–Kier alpha value is -3.78. The minimum absolute atomic E-state index is 0.00171. The molecule has 1 aromatic heterocycles. The highest BCUT2D eigenvalue weighted by Gasteiger charge is 2.25. The molecule has 8 heteroatoms. The molecule has 1 aliphatic heterocycles. The number of methoxy groups -OCH3 is 1. The minimum atomic E-state index is -0.330. The number of carbonyl (C=O) groups excluding carboxylic acids is 2. The number of benzene rings is 2. The van der Waals surface area contributed by atoms with Crippen molar-refractivity contribution in [3.63, 3.8) is 0 Å². The second kappa shape index (κ2) is 11.1. The molecule has 35 heavy (non-hydrogen) atoms. The molecule has 3 aromatic rings. The van der Waals surface area contributed by atoms with Crippen LogP contribution in [0, 0.1) is 0 Å². The van der Waals surface area contributed by atoms with Crippen molar-refractivity contribution < 1.29 is 23.5 Å².